The summed E-state index contributed by atoms with van der Waals surface area (Å²) in [7, 11) is 2.03. The van der Waals surface area contributed by atoms with Crippen LogP contribution in [0.15, 0.2) is 0 Å². The fourth-order valence-electron chi connectivity index (χ4n) is 4.03. The number of imide groups is 1. The minimum Gasteiger partial charge on any atom is -0.377 e. The van der Waals surface area contributed by atoms with E-state index in [9.17, 15) is 9.59 Å². The molecule has 2 saturated heterocycles. The first-order valence-corrected chi connectivity index (χ1v) is 11.0. The maximum absolute atomic E-state index is 11.7. The second kappa shape index (κ2) is 9.87. The molecular formula is C17H30ClN5O3S. The van der Waals surface area contributed by atoms with Gasteiger partial charge in [-0.3, -0.25) is 30.4 Å². The predicted molar refractivity (Wildman–Crippen MR) is 106 cm³/mol. The Hall–Kier alpha value is -0.420. The molecule has 3 fully saturated rings. The Morgan fingerprint density at radius 2 is 2.00 bits per heavy atom. The first-order chi connectivity index (χ1) is 12.9. The number of thioether (sulfide) groups is 1. The van der Waals surface area contributed by atoms with Crippen LogP contribution in [0.2, 0.25) is 0 Å². The Labute approximate surface area is 169 Å². The van der Waals surface area contributed by atoms with Crippen molar-refractivity contribution in [2.45, 2.75) is 61.2 Å². The van der Waals surface area contributed by atoms with Crippen molar-refractivity contribution in [1.82, 2.24) is 20.9 Å². The summed E-state index contributed by atoms with van der Waals surface area (Å²) in [4.78, 5) is 25.1. The smallest absolute Gasteiger partial charge is 0.286 e. The Kier molecular flexibility index (Phi) is 7.78. The number of carbonyl (C=O) groups is 2. The van der Waals surface area contributed by atoms with Crippen LogP contribution < -0.4 is 21.7 Å². The van der Waals surface area contributed by atoms with Crippen LogP contribution in [-0.2, 0) is 9.53 Å². The van der Waals surface area contributed by atoms with Crippen LogP contribution in [-0.4, -0.2) is 72.0 Å². The predicted octanol–water partition coefficient (Wildman–Crippen LogP) is 0.604. The largest absolute Gasteiger partial charge is 0.377 e. The van der Waals surface area contributed by atoms with Gasteiger partial charge in [0.1, 0.15) is 5.50 Å². The molecule has 4 unspecified atom stereocenters. The minimum atomic E-state index is -0.231. The Morgan fingerprint density at radius 3 is 2.67 bits per heavy atom. The average molecular weight is 420 g/mol. The fraction of sp³-hybridized carbons (Fsp3) is 0.882. The average Bonchev–Trinajstić information content (AvgIpc) is 2.96. The monoisotopic (exact) mass is 419 g/mol. The summed E-state index contributed by atoms with van der Waals surface area (Å²) in [5.41, 5.74) is 5.92. The normalized spacial score (nSPS) is 37.6. The quantitative estimate of drug-likeness (QED) is 0.351. The van der Waals surface area contributed by atoms with Gasteiger partial charge in [0, 0.05) is 13.2 Å². The lowest BCUT2D eigenvalue weighted by Crippen LogP contribution is -2.67. The van der Waals surface area contributed by atoms with E-state index in [-0.39, 0.29) is 40.2 Å². The Morgan fingerprint density at radius 1 is 1.26 bits per heavy atom. The molecule has 0 spiro atoms. The van der Waals surface area contributed by atoms with E-state index in [1.54, 1.807) is 0 Å². The lowest BCUT2D eigenvalue weighted by Gasteiger charge is -2.40. The van der Waals surface area contributed by atoms with E-state index in [1.807, 2.05) is 7.05 Å². The number of hydrogen-bond acceptors (Lipinski definition) is 8. The molecular weight excluding hydrogens is 390 g/mol. The number of nitrogens with zero attached hydrogens (tertiary/aromatic N) is 1. The van der Waals surface area contributed by atoms with Gasteiger partial charge in [-0.2, -0.15) is 0 Å². The first kappa shape index (κ1) is 21.3. The third-order valence-corrected chi connectivity index (χ3v) is 7.14. The highest BCUT2D eigenvalue weighted by molar-refractivity contribution is 8.15. The number of alkyl halides is 1. The van der Waals surface area contributed by atoms with Gasteiger partial charge in [0.2, 0.25) is 5.91 Å². The summed E-state index contributed by atoms with van der Waals surface area (Å²) in [5.74, 6) is 0.370. The molecule has 2 aliphatic heterocycles. The van der Waals surface area contributed by atoms with Gasteiger partial charge in [-0.1, -0.05) is 11.8 Å². The molecule has 154 valence electrons. The lowest BCUT2D eigenvalue weighted by atomic mass is 9.84. The number of nitrogens with two attached hydrogens (primary N) is 1. The van der Waals surface area contributed by atoms with Crippen LogP contribution in [0.4, 0.5) is 4.79 Å². The molecule has 5 N–H and O–H groups in total. The number of ether oxygens (including phenoxy) is 1. The standard InChI is InChI=1S/C17H30ClN5O3S/c1-23(15-13(19)14(18)20-9-21-15)6-7-26-11-4-2-10(3-5-11)8-12-16(24)22-17(25)27-12/h10-15,20-21H,2-9,19H2,1H3,(H,22,24,25). The van der Waals surface area contributed by atoms with Crippen LogP contribution in [0.3, 0.4) is 0 Å². The SMILES string of the molecule is CN(CCOC1CCC(CC2SC(=O)NC2=O)CC1)C1NCNC(Cl)C1N. The van der Waals surface area contributed by atoms with Crippen molar-refractivity contribution in [2.75, 3.05) is 26.9 Å². The third-order valence-electron chi connectivity index (χ3n) is 5.69. The molecule has 0 bridgehead atoms. The maximum Gasteiger partial charge on any atom is 0.286 e. The number of rotatable bonds is 7. The van der Waals surface area contributed by atoms with Crippen molar-refractivity contribution in [2.24, 2.45) is 11.7 Å². The van der Waals surface area contributed by atoms with E-state index < -0.39 is 0 Å². The number of amides is 2. The van der Waals surface area contributed by atoms with Gasteiger partial charge in [0.15, 0.2) is 0 Å². The molecule has 27 heavy (non-hydrogen) atoms. The first-order valence-electron chi connectivity index (χ1n) is 9.63. The van der Waals surface area contributed by atoms with Crippen LogP contribution in [0.5, 0.6) is 0 Å². The van der Waals surface area contributed by atoms with Gasteiger partial charge in [0.25, 0.3) is 5.24 Å². The third kappa shape index (κ3) is 5.79. The van der Waals surface area contributed by atoms with Gasteiger partial charge >= 0.3 is 0 Å². The molecule has 10 heteroatoms. The second-order valence-electron chi connectivity index (χ2n) is 7.62. The summed E-state index contributed by atoms with van der Waals surface area (Å²) in [6.07, 6.45) is 5.22. The highest BCUT2D eigenvalue weighted by atomic mass is 35.5. The van der Waals surface area contributed by atoms with Crippen molar-refractivity contribution in [3.63, 3.8) is 0 Å². The lowest BCUT2D eigenvalue weighted by molar-refractivity contribution is -0.119. The number of hydrogen-bond donors (Lipinski definition) is 4. The molecule has 3 rings (SSSR count). The van der Waals surface area contributed by atoms with Crippen molar-refractivity contribution in [3.05, 3.63) is 0 Å². The number of nitrogens with one attached hydrogen (secondary N) is 3. The van der Waals surface area contributed by atoms with Crippen molar-refractivity contribution >= 4 is 34.5 Å². The zero-order valence-electron chi connectivity index (χ0n) is 15.7. The molecule has 0 aromatic heterocycles. The van der Waals surface area contributed by atoms with Crippen molar-refractivity contribution in [1.29, 1.82) is 0 Å². The van der Waals surface area contributed by atoms with E-state index >= 15 is 0 Å². The van der Waals surface area contributed by atoms with E-state index in [0.717, 1.165) is 50.4 Å². The maximum atomic E-state index is 11.7. The van der Waals surface area contributed by atoms with Gasteiger partial charge in [0.05, 0.1) is 30.2 Å². The molecule has 1 aliphatic carbocycles. The summed E-state index contributed by atoms with van der Waals surface area (Å²) < 4.78 is 6.07. The zero-order valence-corrected chi connectivity index (χ0v) is 17.2. The molecule has 2 amide bonds. The summed E-state index contributed by atoms with van der Waals surface area (Å²) in [6, 6.07) is -0.182. The van der Waals surface area contributed by atoms with Crippen molar-refractivity contribution < 1.29 is 14.3 Å². The molecule has 1 saturated carbocycles. The minimum absolute atomic E-state index is 0.0332. The Bertz CT molecular complexity index is 535. The van der Waals surface area contributed by atoms with Gasteiger partial charge in [-0.25, -0.2) is 0 Å². The van der Waals surface area contributed by atoms with Crippen LogP contribution in [0.1, 0.15) is 32.1 Å². The van der Waals surface area contributed by atoms with Crippen LogP contribution >= 0.6 is 23.4 Å². The Balaban J connectivity index is 1.31. The topological polar surface area (TPSA) is 109 Å². The number of halogens is 1. The molecule has 2 heterocycles. The number of likely N-dealkylation sites (N-methyl/N-ethyl adjacent to an activating group) is 1. The highest BCUT2D eigenvalue weighted by Crippen LogP contribution is 2.34. The molecule has 4 atom stereocenters. The van der Waals surface area contributed by atoms with E-state index in [0.29, 0.717) is 19.2 Å². The summed E-state index contributed by atoms with van der Waals surface area (Å²) in [6.45, 7) is 2.09. The number of carbonyl (C=O) groups excluding carboxylic acids is 2. The van der Waals surface area contributed by atoms with E-state index in [1.165, 1.54) is 0 Å². The van der Waals surface area contributed by atoms with E-state index in [4.69, 9.17) is 22.1 Å². The molecule has 3 aliphatic rings. The van der Waals surface area contributed by atoms with Gasteiger partial charge in [-0.15, -0.1) is 11.6 Å². The molecule has 0 radical (unpaired) electrons. The molecule has 8 nitrogen and oxygen atoms in total. The fourth-order valence-corrected chi connectivity index (χ4v) is 5.20. The summed E-state index contributed by atoms with van der Waals surface area (Å²) >= 11 is 7.31. The zero-order chi connectivity index (χ0) is 19.4. The van der Waals surface area contributed by atoms with Crippen molar-refractivity contribution in [3.8, 4) is 0 Å². The molecule has 0 aromatic rings. The highest BCUT2D eigenvalue weighted by Gasteiger charge is 2.35. The van der Waals surface area contributed by atoms with Gasteiger partial charge in [-0.05, 0) is 45.1 Å². The van der Waals surface area contributed by atoms with Crippen LogP contribution in [0, 0.1) is 5.92 Å². The summed E-state index contributed by atoms with van der Waals surface area (Å²) in [5, 5.41) is 8.36. The molecule has 0 aromatic carbocycles. The van der Waals surface area contributed by atoms with E-state index in [2.05, 4.69) is 20.9 Å². The van der Waals surface area contributed by atoms with Gasteiger partial charge < -0.3 is 10.5 Å². The second-order valence-corrected chi connectivity index (χ2v) is 9.27. The van der Waals surface area contributed by atoms with Crippen LogP contribution in [0.25, 0.3) is 0 Å².